The van der Waals surface area contributed by atoms with E-state index in [0.29, 0.717) is 5.02 Å². The number of nitriles is 1. The number of nitrogens with zero attached hydrogens (tertiary/aromatic N) is 2. The topological polar surface area (TPSA) is 28.7 Å². The van der Waals surface area contributed by atoms with Gasteiger partial charge in [0.15, 0.2) is 0 Å². The molecule has 0 unspecified atom stereocenters. The predicted molar refractivity (Wildman–Crippen MR) is 95.4 cm³/mol. The van der Waals surface area contributed by atoms with Gasteiger partial charge < -0.3 is 4.57 Å². The van der Waals surface area contributed by atoms with Gasteiger partial charge in [-0.1, -0.05) is 35.9 Å². The molecule has 3 aromatic rings. The van der Waals surface area contributed by atoms with Gasteiger partial charge in [0.05, 0.1) is 11.6 Å². The van der Waals surface area contributed by atoms with E-state index in [1.165, 1.54) is 6.07 Å². The molecule has 0 spiro atoms. The summed E-state index contributed by atoms with van der Waals surface area (Å²) >= 11 is 6.20. The third-order valence-corrected chi connectivity index (χ3v) is 4.20. The van der Waals surface area contributed by atoms with Crippen LogP contribution in [0.15, 0.2) is 60.8 Å². The van der Waals surface area contributed by atoms with Crippen LogP contribution in [0.3, 0.4) is 0 Å². The van der Waals surface area contributed by atoms with E-state index >= 15 is 0 Å². The summed E-state index contributed by atoms with van der Waals surface area (Å²) in [5.74, 6) is -0.415. The van der Waals surface area contributed by atoms with Gasteiger partial charge in [-0.2, -0.15) is 5.26 Å². The molecule has 0 aliphatic heterocycles. The zero-order valence-corrected chi connectivity index (χ0v) is 13.8. The minimum absolute atomic E-state index is 0.270. The highest BCUT2D eigenvalue weighted by Gasteiger charge is 2.09. The van der Waals surface area contributed by atoms with Crippen molar-refractivity contribution >= 4 is 23.3 Å². The minimum Gasteiger partial charge on any atom is -0.317 e. The number of rotatable bonds is 3. The van der Waals surface area contributed by atoms with Crippen LogP contribution in [0.1, 0.15) is 16.8 Å². The van der Waals surface area contributed by atoms with E-state index in [4.69, 9.17) is 11.6 Å². The first-order valence-electron chi connectivity index (χ1n) is 7.41. The largest absolute Gasteiger partial charge is 0.317 e. The highest BCUT2D eigenvalue weighted by atomic mass is 35.5. The first-order chi connectivity index (χ1) is 11.6. The Kier molecular flexibility index (Phi) is 4.50. The van der Waals surface area contributed by atoms with E-state index in [0.717, 1.165) is 16.9 Å². The smallest absolute Gasteiger partial charge is 0.131 e. The Balaban J connectivity index is 2.08. The van der Waals surface area contributed by atoms with E-state index in [1.54, 1.807) is 24.3 Å². The van der Waals surface area contributed by atoms with Gasteiger partial charge in [0, 0.05) is 28.2 Å². The molecule has 1 heterocycles. The zero-order chi connectivity index (χ0) is 17.1. The Hall–Kier alpha value is -2.83. The summed E-state index contributed by atoms with van der Waals surface area (Å²) in [6.45, 7) is 1.94. The normalized spacial score (nSPS) is 11.3. The van der Waals surface area contributed by atoms with Crippen LogP contribution in [0.25, 0.3) is 17.3 Å². The Bertz CT molecular complexity index is 964. The summed E-state index contributed by atoms with van der Waals surface area (Å²) in [6, 6.07) is 17.8. The van der Waals surface area contributed by atoms with Crippen LogP contribution in [-0.4, -0.2) is 4.57 Å². The average molecular weight is 337 g/mol. The lowest BCUT2D eigenvalue weighted by Gasteiger charge is -2.09. The molecule has 2 nitrogen and oxygen atoms in total. The van der Waals surface area contributed by atoms with Crippen LogP contribution < -0.4 is 0 Å². The number of aryl methyl sites for hydroxylation is 1. The highest BCUT2D eigenvalue weighted by molar-refractivity contribution is 6.31. The van der Waals surface area contributed by atoms with Crippen molar-refractivity contribution in [2.75, 3.05) is 0 Å². The second kappa shape index (κ2) is 6.74. The fourth-order valence-corrected chi connectivity index (χ4v) is 2.65. The molecule has 2 aromatic carbocycles. The van der Waals surface area contributed by atoms with Gasteiger partial charge in [-0.05, 0) is 48.9 Å². The number of benzene rings is 2. The molecule has 1 aromatic heterocycles. The quantitative estimate of drug-likeness (QED) is 0.569. The van der Waals surface area contributed by atoms with Crippen molar-refractivity contribution in [1.82, 2.24) is 4.57 Å². The van der Waals surface area contributed by atoms with Gasteiger partial charge in [0.25, 0.3) is 0 Å². The van der Waals surface area contributed by atoms with Crippen molar-refractivity contribution in [2.24, 2.45) is 0 Å². The summed E-state index contributed by atoms with van der Waals surface area (Å²) < 4.78 is 15.9. The molecule has 0 fully saturated rings. The van der Waals surface area contributed by atoms with Crippen LogP contribution in [-0.2, 0) is 0 Å². The van der Waals surface area contributed by atoms with E-state index in [9.17, 15) is 9.65 Å². The van der Waals surface area contributed by atoms with Gasteiger partial charge in [-0.3, -0.25) is 0 Å². The van der Waals surface area contributed by atoms with Crippen molar-refractivity contribution in [3.63, 3.8) is 0 Å². The maximum atomic E-state index is 14.0. The summed E-state index contributed by atoms with van der Waals surface area (Å²) in [4.78, 5) is 0. The molecule has 0 aliphatic carbocycles. The number of hydrogen-bond acceptors (Lipinski definition) is 1. The van der Waals surface area contributed by atoms with Crippen LogP contribution in [0.2, 0.25) is 5.02 Å². The molecule has 0 saturated carbocycles. The second-order valence-electron chi connectivity index (χ2n) is 5.39. The Morgan fingerprint density at radius 3 is 2.67 bits per heavy atom. The van der Waals surface area contributed by atoms with Gasteiger partial charge in [0.1, 0.15) is 5.82 Å². The average Bonchev–Trinajstić information content (AvgIpc) is 3.04. The van der Waals surface area contributed by atoms with Crippen molar-refractivity contribution < 1.29 is 4.39 Å². The molecule has 24 heavy (non-hydrogen) atoms. The van der Waals surface area contributed by atoms with Crippen molar-refractivity contribution in [1.29, 1.82) is 5.26 Å². The van der Waals surface area contributed by atoms with Crippen molar-refractivity contribution in [3.8, 4) is 11.8 Å². The molecule has 118 valence electrons. The number of aromatic nitrogens is 1. The molecular weight excluding hydrogens is 323 g/mol. The lowest BCUT2D eigenvalue weighted by Crippen LogP contribution is -1.96. The first-order valence-corrected chi connectivity index (χ1v) is 7.78. The standard InChI is InChI=1S/C20H14ClFN2/c1-14-8-9-17(12-19(14)21)24-10-4-5-16(24)11-15(13-23)18-6-2-3-7-20(18)22/h2-12H,1H3. The minimum atomic E-state index is -0.415. The molecule has 0 amide bonds. The molecule has 4 heteroatoms. The number of hydrogen-bond donors (Lipinski definition) is 0. The molecule has 0 radical (unpaired) electrons. The lowest BCUT2D eigenvalue weighted by atomic mass is 10.1. The van der Waals surface area contributed by atoms with Crippen LogP contribution >= 0.6 is 11.6 Å². The maximum Gasteiger partial charge on any atom is 0.131 e. The van der Waals surface area contributed by atoms with E-state index in [1.807, 2.05) is 48.0 Å². The fourth-order valence-electron chi connectivity index (χ4n) is 2.48. The molecule has 0 aliphatic rings. The summed E-state index contributed by atoms with van der Waals surface area (Å²) in [6.07, 6.45) is 3.55. The van der Waals surface area contributed by atoms with E-state index in [2.05, 4.69) is 6.07 Å². The molecule has 0 bridgehead atoms. The van der Waals surface area contributed by atoms with Gasteiger partial charge in [0.2, 0.25) is 0 Å². The third kappa shape index (κ3) is 3.10. The first kappa shape index (κ1) is 16.0. The molecule has 3 rings (SSSR count). The van der Waals surface area contributed by atoms with Crippen LogP contribution in [0.4, 0.5) is 4.39 Å². The van der Waals surface area contributed by atoms with Crippen LogP contribution in [0.5, 0.6) is 0 Å². The Labute approximate surface area is 145 Å². The third-order valence-electron chi connectivity index (χ3n) is 3.79. The molecule has 0 N–H and O–H groups in total. The Morgan fingerprint density at radius 1 is 1.17 bits per heavy atom. The maximum absolute atomic E-state index is 14.0. The number of allylic oxidation sites excluding steroid dienone is 1. The van der Waals surface area contributed by atoms with Crippen molar-refractivity contribution in [2.45, 2.75) is 6.92 Å². The van der Waals surface area contributed by atoms with Gasteiger partial charge >= 0.3 is 0 Å². The predicted octanol–water partition coefficient (Wildman–Crippen LogP) is 5.64. The van der Waals surface area contributed by atoms with E-state index < -0.39 is 5.82 Å². The Morgan fingerprint density at radius 2 is 1.96 bits per heavy atom. The summed E-state index contributed by atoms with van der Waals surface area (Å²) in [5.41, 5.74) is 3.21. The fraction of sp³-hybridized carbons (Fsp3) is 0.0500. The SMILES string of the molecule is Cc1ccc(-n2cccc2C=C(C#N)c2ccccc2F)cc1Cl. The molecule has 0 atom stereocenters. The lowest BCUT2D eigenvalue weighted by molar-refractivity contribution is 0.624. The van der Waals surface area contributed by atoms with Gasteiger partial charge in [-0.15, -0.1) is 0 Å². The second-order valence-corrected chi connectivity index (χ2v) is 5.79. The molecular formula is C20H14ClFN2. The van der Waals surface area contributed by atoms with Gasteiger partial charge in [-0.25, -0.2) is 4.39 Å². The monoisotopic (exact) mass is 336 g/mol. The van der Waals surface area contributed by atoms with E-state index in [-0.39, 0.29) is 11.1 Å². The number of halogens is 2. The summed E-state index contributed by atoms with van der Waals surface area (Å²) in [5, 5.41) is 10.1. The summed E-state index contributed by atoms with van der Waals surface area (Å²) in [7, 11) is 0. The van der Waals surface area contributed by atoms with Crippen molar-refractivity contribution in [3.05, 3.63) is 88.5 Å². The highest BCUT2D eigenvalue weighted by Crippen LogP contribution is 2.24. The van der Waals surface area contributed by atoms with Crippen LogP contribution in [0, 0.1) is 24.1 Å². The zero-order valence-electron chi connectivity index (χ0n) is 13.0. The molecule has 0 saturated heterocycles.